The summed E-state index contributed by atoms with van der Waals surface area (Å²) in [6.45, 7) is 8.79. The second-order valence-electron chi connectivity index (χ2n) is 5.54. The lowest BCUT2D eigenvalue weighted by atomic mass is 10.2. The smallest absolute Gasteiger partial charge is 0.242 e. The molecule has 1 aliphatic rings. The normalized spacial score (nSPS) is 14.3. The minimum absolute atomic E-state index is 0. The Labute approximate surface area is 150 Å². The number of nitrogens with zero attached hydrogens (tertiary/aromatic N) is 2. The molecule has 0 atom stereocenters. The molecule has 0 aromatic rings. The van der Waals surface area contributed by atoms with Crippen LogP contribution in [0.5, 0.6) is 0 Å². The van der Waals surface area contributed by atoms with Crippen molar-refractivity contribution in [2.75, 3.05) is 32.1 Å². The maximum absolute atomic E-state index is 12.5. The second-order valence-corrected chi connectivity index (χ2v) is 6.58. The molecule has 1 amide bonds. The lowest BCUT2D eigenvalue weighted by Crippen LogP contribution is -2.40. The van der Waals surface area contributed by atoms with Crippen LogP contribution in [0.4, 0.5) is 0 Å². The topological polar surface area (TPSA) is 43.8 Å². The Hall–Kier alpha value is -0.200. The number of halogens is 1. The van der Waals surface area contributed by atoms with Crippen molar-refractivity contribution in [2.45, 2.75) is 52.9 Å². The Morgan fingerprint density at radius 1 is 1.27 bits per heavy atom. The molecule has 1 aliphatic heterocycles. The first-order valence-corrected chi connectivity index (χ1v) is 9.08. The number of rotatable bonds is 10. The Morgan fingerprint density at radius 2 is 1.86 bits per heavy atom. The van der Waals surface area contributed by atoms with Gasteiger partial charge in [0, 0.05) is 36.7 Å². The SMILES string of the molecule is Br.CCCCN(CCCC)C(=O)CN1CSC(CCO)=C1C. The predicted octanol–water partition coefficient (Wildman–Crippen LogP) is 3.61. The molecule has 0 bridgehead atoms. The van der Waals surface area contributed by atoms with Crippen LogP contribution < -0.4 is 0 Å². The molecule has 0 saturated carbocycles. The van der Waals surface area contributed by atoms with Crippen LogP contribution in [0.1, 0.15) is 52.9 Å². The summed E-state index contributed by atoms with van der Waals surface area (Å²) in [5.41, 5.74) is 1.16. The summed E-state index contributed by atoms with van der Waals surface area (Å²) in [6.07, 6.45) is 5.10. The molecule has 0 spiro atoms. The van der Waals surface area contributed by atoms with E-state index in [1.165, 1.54) is 4.91 Å². The van der Waals surface area contributed by atoms with Crippen LogP contribution in [0.25, 0.3) is 0 Å². The van der Waals surface area contributed by atoms with Crippen molar-refractivity contribution in [3.63, 3.8) is 0 Å². The van der Waals surface area contributed by atoms with Gasteiger partial charge in [0.1, 0.15) is 0 Å². The fourth-order valence-corrected chi connectivity index (χ4v) is 3.54. The fraction of sp³-hybridized carbons (Fsp3) is 0.812. The molecule has 6 heteroatoms. The second kappa shape index (κ2) is 12.3. The maximum Gasteiger partial charge on any atom is 0.242 e. The third-order valence-electron chi connectivity index (χ3n) is 3.85. The number of unbranched alkanes of at least 4 members (excludes halogenated alkanes) is 2. The van der Waals surface area contributed by atoms with Gasteiger partial charge in [0.05, 0.1) is 12.4 Å². The monoisotopic (exact) mass is 394 g/mol. The van der Waals surface area contributed by atoms with Gasteiger partial charge in [0.15, 0.2) is 0 Å². The summed E-state index contributed by atoms with van der Waals surface area (Å²) < 4.78 is 0. The van der Waals surface area contributed by atoms with Crippen LogP contribution >= 0.6 is 28.7 Å². The zero-order valence-electron chi connectivity index (χ0n) is 14.1. The van der Waals surface area contributed by atoms with Crippen molar-refractivity contribution in [1.29, 1.82) is 0 Å². The van der Waals surface area contributed by atoms with E-state index < -0.39 is 0 Å². The molecular formula is C16H31BrN2O2S. The lowest BCUT2D eigenvalue weighted by molar-refractivity contribution is -0.132. The van der Waals surface area contributed by atoms with Crippen LogP contribution in [0.15, 0.2) is 10.6 Å². The van der Waals surface area contributed by atoms with Crippen LogP contribution in [0.3, 0.4) is 0 Å². The van der Waals surface area contributed by atoms with Crippen LogP contribution in [-0.4, -0.2) is 52.9 Å². The van der Waals surface area contributed by atoms with E-state index in [9.17, 15) is 4.79 Å². The van der Waals surface area contributed by atoms with E-state index >= 15 is 0 Å². The van der Waals surface area contributed by atoms with E-state index in [0.717, 1.165) is 50.3 Å². The summed E-state index contributed by atoms with van der Waals surface area (Å²) in [4.78, 5) is 17.9. The van der Waals surface area contributed by atoms with Gasteiger partial charge in [0.2, 0.25) is 5.91 Å². The number of allylic oxidation sites excluding steroid dienone is 1. The van der Waals surface area contributed by atoms with Crippen molar-refractivity contribution >= 4 is 34.7 Å². The molecule has 1 rings (SSSR count). The number of hydrogen-bond acceptors (Lipinski definition) is 4. The molecule has 130 valence electrons. The van der Waals surface area contributed by atoms with Gasteiger partial charge in [-0.2, -0.15) is 0 Å². The minimum atomic E-state index is 0. The quantitative estimate of drug-likeness (QED) is 0.614. The molecule has 0 radical (unpaired) electrons. The zero-order chi connectivity index (χ0) is 15.7. The standard InChI is InChI=1S/C16H30N2O2S.BrH/c1-4-6-9-17(10-7-5-2)16(20)12-18-13-21-15(8-11-19)14(18)3;/h19H,4-13H2,1-3H3;1H. The summed E-state index contributed by atoms with van der Waals surface area (Å²) in [5.74, 6) is 1.07. The molecule has 0 unspecified atom stereocenters. The van der Waals surface area contributed by atoms with Crippen molar-refractivity contribution < 1.29 is 9.90 Å². The van der Waals surface area contributed by atoms with Gasteiger partial charge in [-0.25, -0.2) is 0 Å². The highest BCUT2D eigenvalue weighted by Gasteiger charge is 2.23. The van der Waals surface area contributed by atoms with E-state index in [-0.39, 0.29) is 29.5 Å². The number of thioether (sulfide) groups is 1. The molecule has 0 fully saturated rings. The van der Waals surface area contributed by atoms with E-state index in [2.05, 4.69) is 25.7 Å². The Bertz CT molecular complexity index is 356. The van der Waals surface area contributed by atoms with Gasteiger partial charge in [-0.1, -0.05) is 26.7 Å². The number of hydrogen-bond donors (Lipinski definition) is 1. The van der Waals surface area contributed by atoms with Gasteiger partial charge >= 0.3 is 0 Å². The highest BCUT2D eigenvalue weighted by Crippen LogP contribution is 2.33. The first-order valence-electron chi connectivity index (χ1n) is 8.10. The first kappa shape index (κ1) is 21.8. The van der Waals surface area contributed by atoms with Gasteiger partial charge < -0.3 is 14.9 Å². The fourth-order valence-electron chi connectivity index (χ4n) is 2.37. The Kier molecular flexibility index (Phi) is 12.1. The molecular weight excluding hydrogens is 364 g/mol. The predicted molar refractivity (Wildman–Crippen MR) is 100 cm³/mol. The van der Waals surface area contributed by atoms with Crippen molar-refractivity contribution in [2.24, 2.45) is 0 Å². The largest absolute Gasteiger partial charge is 0.396 e. The molecule has 0 saturated heterocycles. The number of carbonyl (C=O) groups excluding carboxylic acids is 1. The van der Waals surface area contributed by atoms with Crippen LogP contribution in [0.2, 0.25) is 0 Å². The number of carbonyl (C=O) groups is 1. The Morgan fingerprint density at radius 3 is 2.36 bits per heavy atom. The minimum Gasteiger partial charge on any atom is -0.396 e. The van der Waals surface area contributed by atoms with Crippen molar-refractivity contribution in [1.82, 2.24) is 9.80 Å². The van der Waals surface area contributed by atoms with E-state index in [4.69, 9.17) is 5.11 Å². The van der Waals surface area contributed by atoms with E-state index in [1.54, 1.807) is 11.8 Å². The highest BCUT2D eigenvalue weighted by molar-refractivity contribution is 8.93. The Balaban J connectivity index is 0.00000441. The maximum atomic E-state index is 12.5. The summed E-state index contributed by atoms with van der Waals surface area (Å²) >= 11 is 1.75. The summed E-state index contributed by atoms with van der Waals surface area (Å²) in [6, 6.07) is 0. The van der Waals surface area contributed by atoms with E-state index in [0.29, 0.717) is 13.0 Å². The molecule has 0 aromatic heterocycles. The molecule has 0 aliphatic carbocycles. The highest BCUT2D eigenvalue weighted by atomic mass is 79.9. The van der Waals surface area contributed by atoms with Crippen molar-refractivity contribution in [3.8, 4) is 0 Å². The molecule has 1 N–H and O–H groups in total. The molecule has 4 nitrogen and oxygen atoms in total. The number of aliphatic hydroxyl groups is 1. The summed E-state index contributed by atoms with van der Waals surface area (Å²) in [5, 5.41) is 9.05. The number of amides is 1. The van der Waals surface area contributed by atoms with E-state index in [1.807, 2.05) is 4.90 Å². The third kappa shape index (κ3) is 6.92. The summed E-state index contributed by atoms with van der Waals surface area (Å²) in [7, 11) is 0. The van der Waals surface area contributed by atoms with Gasteiger partial charge in [0.25, 0.3) is 0 Å². The van der Waals surface area contributed by atoms with Crippen molar-refractivity contribution in [3.05, 3.63) is 10.6 Å². The van der Waals surface area contributed by atoms with Gasteiger partial charge in [-0.05, 0) is 19.8 Å². The first-order chi connectivity index (χ1) is 10.1. The van der Waals surface area contributed by atoms with Gasteiger partial charge in [-0.3, -0.25) is 4.79 Å². The molecule has 22 heavy (non-hydrogen) atoms. The molecule has 0 aromatic carbocycles. The molecule has 1 heterocycles. The van der Waals surface area contributed by atoms with Gasteiger partial charge in [-0.15, -0.1) is 28.7 Å². The number of aliphatic hydroxyl groups excluding tert-OH is 1. The third-order valence-corrected chi connectivity index (χ3v) is 5.14. The zero-order valence-corrected chi connectivity index (χ0v) is 16.7. The lowest BCUT2D eigenvalue weighted by Gasteiger charge is -2.26. The van der Waals surface area contributed by atoms with Crippen LogP contribution in [-0.2, 0) is 4.79 Å². The van der Waals surface area contributed by atoms with Crippen LogP contribution in [0, 0.1) is 0 Å². The average Bonchev–Trinajstić information content (AvgIpc) is 2.81. The average molecular weight is 395 g/mol.